The van der Waals surface area contributed by atoms with Gasteiger partial charge >= 0.3 is 0 Å². The highest BCUT2D eigenvalue weighted by molar-refractivity contribution is 5.51. The topological polar surface area (TPSA) is 39.7 Å². The van der Waals surface area contributed by atoms with Crippen molar-refractivity contribution in [1.29, 1.82) is 0 Å². The van der Waals surface area contributed by atoms with Gasteiger partial charge in [0.15, 0.2) is 11.5 Å². The van der Waals surface area contributed by atoms with Gasteiger partial charge in [-0.05, 0) is 45.0 Å². The summed E-state index contributed by atoms with van der Waals surface area (Å²) in [6.07, 6.45) is 1.99. The summed E-state index contributed by atoms with van der Waals surface area (Å²) in [6.45, 7) is 4.12. The Kier molecular flexibility index (Phi) is 3.97. The molecule has 0 aliphatic carbocycles. The van der Waals surface area contributed by atoms with Gasteiger partial charge in [0.05, 0.1) is 14.2 Å². The number of hydrogen-bond donors (Lipinski definition) is 1. The second-order valence-electron chi connectivity index (χ2n) is 4.79. The number of hydrogen-bond acceptors (Lipinski definition) is 4. The third kappa shape index (κ3) is 2.70. The number of rotatable bonds is 4. The Bertz CT molecular complexity index is 400. The van der Waals surface area contributed by atoms with E-state index in [1.54, 1.807) is 14.2 Å². The second-order valence-corrected chi connectivity index (χ2v) is 4.79. The van der Waals surface area contributed by atoms with Crippen LogP contribution in [0.3, 0.4) is 0 Å². The van der Waals surface area contributed by atoms with E-state index < -0.39 is 0 Å². The molecule has 1 fully saturated rings. The quantitative estimate of drug-likeness (QED) is 0.890. The Morgan fingerprint density at radius 3 is 2.33 bits per heavy atom. The van der Waals surface area contributed by atoms with Crippen LogP contribution in [0.15, 0.2) is 18.2 Å². The van der Waals surface area contributed by atoms with Gasteiger partial charge in [-0.3, -0.25) is 0 Å². The zero-order valence-corrected chi connectivity index (χ0v) is 11.3. The minimum absolute atomic E-state index is 0.134. The Morgan fingerprint density at radius 2 is 1.72 bits per heavy atom. The van der Waals surface area contributed by atoms with Crippen molar-refractivity contribution in [3.63, 3.8) is 0 Å². The van der Waals surface area contributed by atoms with Gasteiger partial charge in [-0.15, -0.1) is 0 Å². The first-order valence-electron chi connectivity index (χ1n) is 6.29. The van der Waals surface area contributed by atoms with Crippen LogP contribution < -0.4 is 19.5 Å². The number of nitrogens with one attached hydrogen (secondary N) is 1. The van der Waals surface area contributed by atoms with Crippen LogP contribution in [0.25, 0.3) is 0 Å². The van der Waals surface area contributed by atoms with E-state index in [4.69, 9.17) is 14.2 Å². The molecule has 0 amide bonds. The van der Waals surface area contributed by atoms with E-state index in [2.05, 4.69) is 12.2 Å². The predicted octanol–water partition coefficient (Wildman–Crippen LogP) is 2.22. The summed E-state index contributed by atoms with van der Waals surface area (Å²) in [5.41, 5.74) is -0.134. The zero-order valence-electron chi connectivity index (χ0n) is 11.3. The fourth-order valence-electron chi connectivity index (χ4n) is 2.26. The molecule has 0 unspecified atom stereocenters. The zero-order chi connectivity index (χ0) is 13.0. The van der Waals surface area contributed by atoms with Crippen LogP contribution in [0.5, 0.6) is 17.2 Å². The Labute approximate surface area is 108 Å². The van der Waals surface area contributed by atoms with E-state index in [1.165, 1.54) is 0 Å². The van der Waals surface area contributed by atoms with Crippen molar-refractivity contribution in [2.24, 2.45) is 0 Å². The van der Waals surface area contributed by atoms with Gasteiger partial charge in [0.1, 0.15) is 5.60 Å². The van der Waals surface area contributed by atoms with E-state index in [-0.39, 0.29) is 5.60 Å². The van der Waals surface area contributed by atoms with Crippen LogP contribution >= 0.6 is 0 Å². The van der Waals surface area contributed by atoms with E-state index in [1.807, 2.05) is 18.2 Å². The fraction of sp³-hybridized carbons (Fsp3) is 0.571. The van der Waals surface area contributed by atoms with Crippen LogP contribution in [0, 0.1) is 0 Å². The third-order valence-corrected chi connectivity index (χ3v) is 3.38. The summed E-state index contributed by atoms with van der Waals surface area (Å²) in [5, 5.41) is 3.34. The lowest BCUT2D eigenvalue weighted by Gasteiger charge is -2.35. The van der Waals surface area contributed by atoms with Crippen molar-refractivity contribution in [3.8, 4) is 17.2 Å². The molecule has 1 aromatic carbocycles. The monoisotopic (exact) mass is 251 g/mol. The highest BCUT2D eigenvalue weighted by atomic mass is 16.5. The molecule has 4 heteroatoms. The lowest BCUT2D eigenvalue weighted by Crippen LogP contribution is -2.43. The molecule has 0 spiro atoms. The second kappa shape index (κ2) is 5.48. The molecule has 1 aromatic rings. The first-order valence-corrected chi connectivity index (χ1v) is 6.29. The summed E-state index contributed by atoms with van der Waals surface area (Å²) < 4.78 is 16.8. The lowest BCUT2D eigenvalue weighted by atomic mass is 9.94. The van der Waals surface area contributed by atoms with Crippen molar-refractivity contribution in [3.05, 3.63) is 18.2 Å². The summed E-state index contributed by atoms with van der Waals surface area (Å²) in [7, 11) is 3.27. The molecule has 18 heavy (non-hydrogen) atoms. The van der Waals surface area contributed by atoms with Crippen molar-refractivity contribution >= 4 is 0 Å². The molecule has 4 nitrogen and oxygen atoms in total. The van der Waals surface area contributed by atoms with Gasteiger partial charge in [-0.2, -0.15) is 0 Å². The molecular weight excluding hydrogens is 230 g/mol. The molecule has 0 saturated carbocycles. The highest BCUT2D eigenvalue weighted by Crippen LogP contribution is 2.39. The maximum absolute atomic E-state index is 6.16. The summed E-state index contributed by atoms with van der Waals surface area (Å²) >= 11 is 0. The van der Waals surface area contributed by atoms with Crippen LogP contribution in [-0.2, 0) is 0 Å². The summed E-state index contributed by atoms with van der Waals surface area (Å²) in [4.78, 5) is 0. The molecule has 0 bridgehead atoms. The van der Waals surface area contributed by atoms with Gasteiger partial charge < -0.3 is 19.5 Å². The van der Waals surface area contributed by atoms with Crippen molar-refractivity contribution in [2.45, 2.75) is 25.4 Å². The number of piperidine rings is 1. The summed E-state index contributed by atoms with van der Waals surface area (Å²) in [6, 6.07) is 5.71. The van der Waals surface area contributed by atoms with Gasteiger partial charge in [0.25, 0.3) is 0 Å². The Hall–Kier alpha value is -1.42. The SMILES string of the molecule is COc1cccc(OC2(C)CCNCC2)c1OC. The minimum Gasteiger partial charge on any atom is -0.493 e. The fourth-order valence-corrected chi connectivity index (χ4v) is 2.26. The average Bonchev–Trinajstić information content (AvgIpc) is 2.38. The lowest BCUT2D eigenvalue weighted by molar-refractivity contribution is 0.0523. The van der Waals surface area contributed by atoms with Gasteiger partial charge in [0, 0.05) is 0 Å². The smallest absolute Gasteiger partial charge is 0.203 e. The first-order chi connectivity index (χ1) is 8.68. The normalized spacial score (nSPS) is 18.2. The highest BCUT2D eigenvalue weighted by Gasteiger charge is 2.30. The van der Waals surface area contributed by atoms with E-state index in [0.29, 0.717) is 11.5 Å². The number of para-hydroxylation sites is 1. The Balaban J connectivity index is 2.22. The maximum atomic E-state index is 6.16. The van der Waals surface area contributed by atoms with E-state index >= 15 is 0 Å². The van der Waals surface area contributed by atoms with Crippen molar-refractivity contribution in [2.75, 3.05) is 27.3 Å². The molecule has 1 aliphatic rings. The molecule has 1 saturated heterocycles. The molecule has 0 aromatic heterocycles. The number of ether oxygens (including phenoxy) is 3. The molecule has 0 radical (unpaired) electrons. The van der Waals surface area contributed by atoms with Crippen molar-refractivity contribution in [1.82, 2.24) is 5.32 Å². The van der Waals surface area contributed by atoms with E-state index in [9.17, 15) is 0 Å². The first kappa shape index (κ1) is 13.0. The molecule has 1 N–H and O–H groups in total. The number of benzene rings is 1. The molecule has 100 valence electrons. The summed E-state index contributed by atoms with van der Waals surface area (Å²) in [5.74, 6) is 2.12. The Morgan fingerprint density at radius 1 is 1.06 bits per heavy atom. The molecule has 2 rings (SSSR count). The van der Waals surface area contributed by atoms with Gasteiger partial charge in [0.2, 0.25) is 5.75 Å². The van der Waals surface area contributed by atoms with Gasteiger partial charge in [-0.25, -0.2) is 0 Å². The standard InChI is InChI=1S/C14H21NO3/c1-14(7-9-15-10-8-14)18-12-6-4-5-11(16-2)13(12)17-3/h4-6,15H,7-10H2,1-3H3. The maximum Gasteiger partial charge on any atom is 0.203 e. The van der Waals surface area contributed by atoms with E-state index in [0.717, 1.165) is 31.7 Å². The van der Waals surface area contributed by atoms with Crippen LogP contribution in [0.2, 0.25) is 0 Å². The van der Waals surface area contributed by atoms with Crippen LogP contribution in [0.1, 0.15) is 19.8 Å². The third-order valence-electron chi connectivity index (χ3n) is 3.38. The van der Waals surface area contributed by atoms with Crippen molar-refractivity contribution < 1.29 is 14.2 Å². The van der Waals surface area contributed by atoms with Crippen LogP contribution in [0.4, 0.5) is 0 Å². The minimum atomic E-state index is -0.134. The molecule has 0 atom stereocenters. The molecule has 1 heterocycles. The molecule has 1 aliphatic heterocycles. The average molecular weight is 251 g/mol. The number of methoxy groups -OCH3 is 2. The van der Waals surface area contributed by atoms with Gasteiger partial charge in [-0.1, -0.05) is 6.07 Å². The largest absolute Gasteiger partial charge is 0.493 e. The molecular formula is C14H21NO3. The predicted molar refractivity (Wildman–Crippen MR) is 70.7 cm³/mol. The van der Waals surface area contributed by atoms with Crippen LogP contribution in [-0.4, -0.2) is 32.9 Å².